The lowest BCUT2D eigenvalue weighted by molar-refractivity contribution is 0.113. The molecule has 4 rings (SSSR count). The standard InChI is InChI=1S/C19H27N3O5S2/c23-29(24,16-4-5-17-18(13-16)27-12-2-11-26-17)22-8-6-21(7-9-22)19(28)20-14-15-3-1-10-25-15/h4-5,13,15H,1-3,6-12,14H2,(H,20,28). The van der Waals surface area contributed by atoms with E-state index in [1.807, 2.05) is 4.90 Å². The molecule has 2 saturated heterocycles. The summed E-state index contributed by atoms with van der Waals surface area (Å²) in [5, 5.41) is 3.91. The minimum atomic E-state index is -3.59. The molecule has 0 aromatic heterocycles. The third-order valence-electron chi connectivity index (χ3n) is 5.39. The van der Waals surface area contributed by atoms with Crippen molar-refractivity contribution in [2.24, 2.45) is 0 Å². The molecule has 1 aromatic rings. The summed E-state index contributed by atoms with van der Waals surface area (Å²) in [6.45, 7) is 4.50. The average Bonchev–Trinajstić information content (AvgIpc) is 3.15. The van der Waals surface area contributed by atoms with Gasteiger partial charge >= 0.3 is 0 Å². The van der Waals surface area contributed by atoms with E-state index in [-0.39, 0.29) is 11.0 Å². The second-order valence-electron chi connectivity index (χ2n) is 7.37. The molecule has 0 saturated carbocycles. The van der Waals surface area contributed by atoms with Gasteiger partial charge in [0.1, 0.15) is 0 Å². The highest BCUT2D eigenvalue weighted by Gasteiger charge is 2.30. The molecule has 10 heteroatoms. The van der Waals surface area contributed by atoms with E-state index in [2.05, 4.69) is 5.32 Å². The number of thiocarbonyl (C=S) groups is 1. The van der Waals surface area contributed by atoms with Crippen LogP contribution in [0.5, 0.6) is 11.5 Å². The second kappa shape index (κ2) is 9.03. The lowest BCUT2D eigenvalue weighted by Gasteiger charge is -2.35. The highest BCUT2D eigenvalue weighted by atomic mass is 32.2. The highest BCUT2D eigenvalue weighted by molar-refractivity contribution is 7.89. The van der Waals surface area contributed by atoms with Gasteiger partial charge in [-0.15, -0.1) is 0 Å². The van der Waals surface area contributed by atoms with Gasteiger partial charge in [0.15, 0.2) is 16.6 Å². The van der Waals surface area contributed by atoms with Crippen molar-refractivity contribution in [2.45, 2.75) is 30.3 Å². The summed E-state index contributed by atoms with van der Waals surface area (Å²) in [4.78, 5) is 2.25. The van der Waals surface area contributed by atoms with Crippen LogP contribution in [-0.4, -0.2) is 81.4 Å². The van der Waals surface area contributed by atoms with Gasteiger partial charge in [-0.1, -0.05) is 0 Å². The van der Waals surface area contributed by atoms with Gasteiger partial charge in [-0.3, -0.25) is 0 Å². The Morgan fingerprint density at radius 3 is 2.55 bits per heavy atom. The summed E-state index contributed by atoms with van der Waals surface area (Å²) in [5.74, 6) is 1.08. The van der Waals surface area contributed by atoms with Crippen LogP contribution in [0.15, 0.2) is 23.1 Å². The van der Waals surface area contributed by atoms with Crippen LogP contribution < -0.4 is 14.8 Å². The average molecular weight is 442 g/mol. The fourth-order valence-corrected chi connectivity index (χ4v) is 5.41. The van der Waals surface area contributed by atoms with Crippen LogP contribution in [0, 0.1) is 0 Å². The zero-order chi connectivity index (χ0) is 20.3. The van der Waals surface area contributed by atoms with Crippen molar-refractivity contribution in [3.63, 3.8) is 0 Å². The number of piperazine rings is 1. The fourth-order valence-electron chi connectivity index (χ4n) is 3.70. The van der Waals surface area contributed by atoms with Gasteiger partial charge in [-0.25, -0.2) is 8.42 Å². The number of sulfonamides is 1. The molecule has 0 spiro atoms. The monoisotopic (exact) mass is 441 g/mol. The molecule has 0 amide bonds. The lowest BCUT2D eigenvalue weighted by Crippen LogP contribution is -2.53. The van der Waals surface area contributed by atoms with Gasteiger partial charge in [0, 0.05) is 51.8 Å². The van der Waals surface area contributed by atoms with Gasteiger partial charge < -0.3 is 24.4 Å². The largest absolute Gasteiger partial charge is 0.490 e. The summed E-state index contributed by atoms with van der Waals surface area (Å²) >= 11 is 5.47. The first-order valence-electron chi connectivity index (χ1n) is 10.1. The Hall–Kier alpha value is -1.62. The van der Waals surface area contributed by atoms with Crippen molar-refractivity contribution in [3.8, 4) is 11.5 Å². The SMILES string of the molecule is O=S(=O)(c1ccc2c(c1)OCCCO2)N1CCN(C(=S)NCC2CCCO2)CC1. The van der Waals surface area contributed by atoms with Gasteiger partial charge in [-0.05, 0) is 37.2 Å². The molecule has 29 heavy (non-hydrogen) atoms. The highest BCUT2D eigenvalue weighted by Crippen LogP contribution is 2.33. The van der Waals surface area contributed by atoms with Crippen molar-refractivity contribution in [1.29, 1.82) is 0 Å². The van der Waals surface area contributed by atoms with Crippen LogP contribution in [0.4, 0.5) is 0 Å². The van der Waals surface area contributed by atoms with E-state index in [9.17, 15) is 8.42 Å². The van der Waals surface area contributed by atoms with E-state index in [0.29, 0.717) is 62.5 Å². The molecule has 0 bridgehead atoms. The molecule has 1 atom stereocenters. The smallest absolute Gasteiger partial charge is 0.243 e. The summed E-state index contributed by atoms with van der Waals surface area (Å²) in [6.07, 6.45) is 3.14. The number of benzene rings is 1. The normalized spacial score (nSPS) is 22.9. The number of fused-ring (bicyclic) bond motifs is 1. The summed E-state index contributed by atoms with van der Waals surface area (Å²) in [7, 11) is -3.59. The fraction of sp³-hybridized carbons (Fsp3) is 0.632. The van der Waals surface area contributed by atoms with Crippen LogP contribution in [0.3, 0.4) is 0 Å². The van der Waals surface area contributed by atoms with Crippen molar-refractivity contribution < 1.29 is 22.6 Å². The van der Waals surface area contributed by atoms with E-state index in [1.165, 1.54) is 4.31 Å². The Kier molecular flexibility index (Phi) is 6.43. The van der Waals surface area contributed by atoms with E-state index < -0.39 is 10.0 Å². The summed E-state index contributed by atoms with van der Waals surface area (Å²) in [5.41, 5.74) is 0. The van der Waals surface area contributed by atoms with E-state index in [1.54, 1.807) is 18.2 Å². The maximum Gasteiger partial charge on any atom is 0.243 e. The third-order valence-corrected chi connectivity index (χ3v) is 7.68. The Bertz CT molecular complexity index is 834. The summed E-state index contributed by atoms with van der Waals surface area (Å²) in [6, 6.07) is 4.83. The Balaban J connectivity index is 1.35. The van der Waals surface area contributed by atoms with Gasteiger partial charge in [0.25, 0.3) is 0 Å². The predicted molar refractivity (Wildman–Crippen MR) is 112 cm³/mol. The number of nitrogens with zero attached hydrogens (tertiary/aromatic N) is 2. The lowest BCUT2D eigenvalue weighted by atomic mass is 10.2. The molecule has 1 N–H and O–H groups in total. The third kappa shape index (κ3) is 4.76. The van der Waals surface area contributed by atoms with Crippen LogP contribution >= 0.6 is 12.2 Å². The minimum Gasteiger partial charge on any atom is -0.490 e. The number of nitrogens with one attached hydrogen (secondary N) is 1. The number of hydrogen-bond acceptors (Lipinski definition) is 6. The molecule has 0 radical (unpaired) electrons. The van der Waals surface area contributed by atoms with Crippen molar-refractivity contribution in [3.05, 3.63) is 18.2 Å². The number of ether oxygens (including phenoxy) is 3. The van der Waals surface area contributed by atoms with Crippen molar-refractivity contribution in [1.82, 2.24) is 14.5 Å². The predicted octanol–water partition coefficient (Wildman–Crippen LogP) is 1.21. The van der Waals surface area contributed by atoms with Gasteiger partial charge in [0.2, 0.25) is 10.0 Å². The Morgan fingerprint density at radius 1 is 1.07 bits per heavy atom. The zero-order valence-electron chi connectivity index (χ0n) is 16.3. The van der Waals surface area contributed by atoms with Crippen molar-refractivity contribution >= 4 is 27.4 Å². The van der Waals surface area contributed by atoms with Crippen LogP contribution in [-0.2, 0) is 14.8 Å². The molecule has 3 aliphatic heterocycles. The number of hydrogen-bond donors (Lipinski definition) is 1. The molecule has 8 nitrogen and oxygen atoms in total. The second-order valence-corrected chi connectivity index (χ2v) is 9.70. The van der Waals surface area contributed by atoms with E-state index >= 15 is 0 Å². The molecule has 0 aliphatic carbocycles. The first-order chi connectivity index (χ1) is 14.0. The topological polar surface area (TPSA) is 80.3 Å². The maximum atomic E-state index is 13.1. The number of rotatable bonds is 4. The molecule has 3 aliphatic rings. The van der Waals surface area contributed by atoms with E-state index in [0.717, 1.165) is 25.9 Å². The van der Waals surface area contributed by atoms with Crippen molar-refractivity contribution in [2.75, 3.05) is 52.5 Å². The molecule has 2 fully saturated rings. The minimum absolute atomic E-state index is 0.217. The molecule has 3 heterocycles. The van der Waals surface area contributed by atoms with Crippen LogP contribution in [0.2, 0.25) is 0 Å². The first-order valence-corrected chi connectivity index (χ1v) is 11.9. The quantitative estimate of drug-likeness (QED) is 0.699. The maximum absolute atomic E-state index is 13.1. The molecule has 1 unspecified atom stereocenters. The van der Waals surface area contributed by atoms with Gasteiger partial charge in [0.05, 0.1) is 24.2 Å². The molecule has 160 valence electrons. The Morgan fingerprint density at radius 2 is 1.83 bits per heavy atom. The molecule has 1 aromatic carbocycles. The van der Waals surface area contributed by atoms with Crippen LogP contribution in [0.25, 0.3) is 0 Å². The Labute approximate surface area is 177 Å². The summed E-state index contributed by atoms with van der Waals surface area (Å²) < 4.78 is 44.5. The first kappa shape index (κ1) is 20.6. The molecular weight excluding hydrogens is 414 g/mol. The van der Waals surface area contributed by atoms with Gasteiger partial charge in [-0.2, -0.15) is 4.31 Å². The van der Waals surface area contributed by atoms with E-state index in [4.69, 9.17) is 26.4 Å². The zero-order valence-corrected chi connectivity index (χ0v) is 18.0. The molecular formula is C19H27N3O5S2. The van der Waals surface area contributed by atoms with Crippen LogP contribution in [0.1, 0.15) is 19.3 Å².